The fourth-order valence-corrected chi connectivity index (χ4v) is 3.39. The maximum absolute atomic E-state index is 12.7. The number of methoxy groups -OCH3 is 1. The second-order valence-electron chi connectivity index (χ2n) is 6.79. The maximum atomic E-state index is 12.7. The fourth-order valence-electron chi connectivity index (χ4n) is 3.39. The topological polar surface area (TPSA) is 94.2 Å². The molecule has 2 amide bonds. The highest BCUT2D eigenvalue weighted by Crippen LogP contribution is 2.33. The van der Waals surface area contributed by atoms with Crippen LogP contribution in [0.5, 0.6) is 11.5 Å². The quantitative estimate of drug-likeness (QED) is 0.797. The molecule has 1 N–H and O–H groups in total. The van der Waals surface area contributed by atoms with Crippen LogP contribution < -0.4 is 19.7 Å². The van der Waals surface area contributed by atoms with Crippen molar-refractivity contribution in [2.24, 2.45) is 5.92 Å². The van der Waals surface area contributed by atoms with Gasteiger partial charge in [-0.05, 0) is 36.4 Å². The SMILES string of the molecule is COC(=O)c1ccc(N2CC(C(=O)Nc3ccc4c(c3)OCCO4)CC2=O)cc1. The Morgan fingerprint density at radius 1 is 1.07 bits per heavy atom. The third kappa shape index (κ3) is 3.87. The second kappa shape index (κ2) is 7.83. The Balaban J connectivity index is 1.42. The summed E-state index contributed by atoms with van der Waals surface area (Å²) in [5.74, 6) is -0.0606. The number of amides is 2. The molecule has 2 aliphatic rings. The van der Waals surface area contributed by atoms with Gasteiger partial charge in [-0.2, -0.15) is 0 Å². The van der Waals surface area contributed by atoms with E-state index < -0.39 is 11.9 Å². The molecule has 0 radical (unpaired) electrons. The molecule has 2 aromatic carbocycles. The van der Waals surface area contributed by atoms with Gasteiger partial charge in [0, 0.05) is 30.4 Å². The molecule has 0 saturated carbocycles. The highest BCUT2D eigenvalue weighted by molar-refractivity contribution is 6.03. The van der Waals surface area contributed by atoms with Crippen molar-refractivity contribution in [2.75, 3.05) is 37.1 Å². The van der Waals surface area contributed by atoms with E-state index in [-0.39, 0.29) is 24.8 Å². The lowest BCUT2D eigenvalue weighted by Gasteiger charge is -2.19. The van der Waals surface area contributed by atoms with Gasteiger partial charge in [0.15, 0.2) is 11.5 Å². The van der Waals surface area contributed by atoms with E-state index >= 15 is 0 Å². The highest BCUT2D eigenvalue weighted by Gasteiger charge is 2.35. The zero-order valence-electron chi connectivity index (χ0n) is 15.8. The molecule has 150 valence electrons. The normalized spacial score (nSPS) is 17.8. The van der Waals surface area contributed by atoms with Gasteiger partial charge in [0.05, 0.1) is 18.6 Å². The molecule has 29 heavy (non-hydrogen) atoms. The molecule has 2 aliphatic heterocycles. The summed E-state index contributed by atoms with van der Waals surface area (Å²) < 4.78 is 15.7. The summed E-state index contributed by atoms with van der Waals surface area (Å²) in [7, 11) is 1.31. The minimum Gasteiger partial charge on any atom is -0.486 e. The first-order valence-electron chi connectivity index (χ1n) is 9.24. The minimum atomic E-state index is -0.476. The van der Waals surface area contributed by atoms with Gasteiger partial charge in [-0.15, -0.1) is 0 Å². The smallest absolute Gasteiger partial charge is 0.337 e. The van der Waals surface area contributed by atoms with Gasteiger partial charge in [0.1, 0.15) is 13.2 Å². The first-order valence-corrected chi connectivity index (χ1v) is 9.24. The molecule has 2 aromatic rings. The molecular formula is C21H20N2O6. The number of nitrogens with zero attached hydrogens (tertiary/aromatic N) is 1. The number of carbonyl (C=O) groups is 3. The molecule has 1 fully saturated rings. The van der Waals surface area contributed by atoms with E-state index in [1.165, 1.54) is 7.11 Å². The molecule has 1 unspecified atom stereocenters. The molecule has 0 aromatic heterocycles. The Kier molecular flexibility index (Phi) is 5.07. The number of hydrogen-bond acceptors (Lipinski definition) is 6. The number of ether oxygens (including phenoxy) is 3. The van der Waals surface area contributed by atoms with Crippen LogP contribution in [0.3, 0.4) is 0 Å². The van der Waals surface area contributed by atoms with E-state index in [9.17, 15) is 14.4 Å². The van der Waals surface area contributed by atoms with Crippen molar-refractivity contribution in [3.8, 4) is 11.5 Å². The molecule has 2 heterocycles. The van der Waals surface area contributed by atoms with E-state index in [2.05, 4.69) is 10.1 Å². The standard InChI is InChI=1S/C21H20N2O6/c1-27-21(26)13-2-5-16(6-3-13)23-12-14(10-19(23)24)20(25)22-15-4-7-17-18(11-15)29-9-8-28-17/h2-7,11,14H,8-10,12H2,1H3,(H,22,25). The summed E-state index contributed by atoms with van der Waals surface area (Å²) >= 11 is 0. The Hall–Kier alpha value is -3.55. The summed E-state index contributed by atoms with van der Waals surface area (Å²) in [6.45, 7) is 1.23. The highest BCUT2D eigenvalue weighted by atomic mass is 16.6. The van der Waals surface area contributed by atoms with E-state index in [4.69, 9.17) is 9.47 Å². The number of nitrogens with one attached hydrogen (secondary N) is 1. The number of benzene rings is 2. The average Bonchev–Trinajstić information content (AvgIpc) is 3.15. The number of esters is 1. The summed E-state index contributed by atoms with van der Waals surface area (Å²) in [5.41, 5.74) is 1.63. The molecule has 0 bridgehead atoms. The van der Waals surface area contributed by atoms with Gasteiger partial charge in [-0.3, -0.25) is 9.59 Å². The molecule has 8 nitrogen and oxygen atoms in total. The van der Waals surface area contributed by atoms with E-state index in [0.29, 0.717) is 41.7 Å². The van der Waals surface area contributed by atoms with Crippen molar-refractivity contribution in [1.82, 2.24) is 0 Å². The number of rotatable bonds is 4. The summed E-state index contributed by atoms with van der Waals surface area (Å²) in [5, 5.41) is 2.84. The van der Waals surface area contributed by atoms with Crippen molar-refractivity contribution >= 4 is 29.2 Å². The van der Waals surface area contributed by atoms with Gasteiger partial charge in [-0.1, -0.05) is 0 Å². The van der Waals surface area contributed by atoms with Gasteiger partial charge in [0.2, 0.25) is 11.8 Å². The summed E-state index contributed by atoms with van der Waals surface area (Å²) in [6, 6.07) is 11.7. The predicted molar refractivity (Wildman–Crippen MR) is 104 cm³/mol. The van der Waals surface area contributed by atoms with Crippen LogP contribution >= 0.6 is 0 Å². The number of fused-ring (bicyclic) bond motifs is 1. The second-order valence-corrected chi connectivity index (χ2v) is 6.79. The molecule has 8 heteroatoms. The van der Waals surface area contributed by atoms with E-state index in [1.54, 1.807) is 47.4 Å². The zero-order chi connectivity index (χ0) is 20.4. The number of hydrogen-bond donors (Lipinski definition) is 1. The molecule has 1 atom stereocenters. The average molecular weight is 396 g/mol. The molecular weight excluding hydrogens is 376 g/mol. The van der Waals surface area contributed by atoms with Gasteiger partial charge in [0.25, 0.3) is 0 Å². The van der Waals surface area contributed by atoms with Crippen molar-refractivity contribution in [1.29, 1.82) is 0 Å². The van der Waals surface area contributed by atoms with Crippen LogP contribution in [0.1, 0.15) is 16.8 Å². The van der Waals surface area contributed by atoms with Crippen LogP contribution in [0.15, 0.2) is 42.5 Å². The van der Waals surface area contributed by atoms with Crippen molar-refractivity contribution in [2.45, 2.75) is 6.42 Å². The molecule has 0 spiro atoms. The lowest BCUT2D eigenvalue weighted by molar-refractivity contribution is -0.122. The van der Waals surface area contributed by atoms with Crippen LogP contribution in [0, 0.1) is 5.92 Å². The number of anilines is 2. The Labute approximate surface area is 167 Å². The molecule has 4 rings (SSSR count). The fraction of sp³-hybridized carbons (Fsp3) is 0.286. The zero-order valence-corrected chi connectivity index (χ0v) is 15.8. The third-order valence-corrected chi connectivity index (χ3v) is 4.91. The lowest BCUT2D eigenvalue weighted by atomic mass is 10.1. The Morgan fingerprint density at radius 3 is 2.52 bits per heavy atom. The Bertz CT molecular complexity index is 956. The van der Waals surface area contributed by atoms with Crippen LogP contribution in [-0.4, -0.2) is 44.7 Å². The van der Waals surface area contributed by atoms with Gasteiger partial charge < -0.3 is 24.4 Å². The maximum Gasteiger partial charge on any atom is 0.337 e. The molecule has 0 aliphatic carbocycles. The van der Waals surface area contributed by atoms with Crippen molar-refractivity contribution < 1.29 is 28.6 Å². The van der Waals surface area contributed by atoms with Crippen LogP contribution in [-0.2, 0) is 14.3 Å². The third-order valence-electron chi connectivity index (χ3n) is 4.91. The van der Waals surface area contributed by atoms with Crippen molar-refractivity contribution in [3.05, 3.63) is 48.0 Å². The largest absolute Gasteiger partial charge is 0.486 e. The van der Waals surface area contributed by atoms with Crippen LogP contribution in [0.2, 0.25) is 0 Å². The van der Waals surface area contributed by atoms with Crippen LogP contribution in [0.25, 0.3) is 0 Å². The Morgan fingerprint density at radius 2 is 1.79 bits per heavy atom. The summed E-state index contributed by atoms with van der Waals surface area (Å²) in [6.07, 6.45) is 0.120. The van der Waals surface area contributed by atoms with Gasteiger partial charge >= 0.3 is 5.97 Å². The minimum absolute atomic E-state index is 0.120. The first-order chi connectivity index (χ1) is 14.0. The van der Waals surface area contributed by atoms with E-state index in [0.717, 1.165) is 0 Å². The summed E-state index contributed by atoms with van der Waals surface area (Å²) in [4.78, 5) is 38.2. The van der Waals surface area contributed by atoms with E-state index in [1.807, 2.05) is 0 Å². The monoisotopic (exact) mass is 396 g/mol. The lowest BCUT2D eigenvalue weighted by Crippen LogP contribution is -2.28. The predicted octanol–water partition coefficient (Wildman–Crippen LogP) is 2.24. The number of carbonyl (C=O) groups excluding carboxylic acids is 3. The first kappa shape index (κ1) is 18.8. The van der Waals surface area contributed by atoms with Crippen molar-refractivity contribution in [3.63, 3.8) is 0 Å². The molecule has 1 saturated heterocycles. The van der Waals surface area contributed by atoms with Crippen LogP contribution in [0.4, 0.5) is 11.4 Å². The van der Waals surface area contributed by atoms with Gasteiger partial charge in [-0.25, -0.2) is 4.79 Å².